The largest absolute Gasteiger partial charge is 0.389 e. The Morgan fingerprint density at radius 2 is 2.16 bits per heavy atom. The van der Waals surface area contributed by atoms with Gasteiger partial charge in [-0.05, 0) is 47.6 Å². The quantitative estimate of drug-likeness (QED) is 0.754. The van der Waals surface area contributed by atoms with E-state index in [1.54, 1.807) is 17.8 Å². The molecule has 2 unspecified atom stereocenters. The zero-order valence-corrected chi connectivity index (χ0v) is 15.3. The molecule has 0 saturated carbocycles. The Bertz CT molecular complexity index is 716. The number of halogens is 2. The second-order valence-corrected chi connectivity index (χ2v) is 7.58. The number of fused-ring (bicyclic) bond motifs is 1. The first kappa shape index (κ1) is 18.7. The molecule has 0 fully saturated rings. The Hall–Kier alpha value is -1.11. The number of hydrogen-bond acceptors (Lipinski definition) is 4. The van der Waals surface area contributed by atoms with Gasteiger partial charge >= 0.3 is 0 Å². The van der Waals surface area contributed by atoms with Crippen LogP contribution < -0.4 is 5.32 Å². The Balaban J connectivity index is 1.46. The van der Waals surface area contributed by atoms with Gasteiger partial charge in [0.15, 0.2) is 0 Å². The highest BCUT2D eigenvalue weighted by Crippen LogP contribution is 2.36. The number of benzene rings is 2. The molecule has 134 valence electrons. The van der Waals surface area contributed by atoms with Crippen molar-refractivity contribution in [2.45, 2.75) is 30.1 Å². The maximum Gasteiger partial charge on any atom is 0.123 e. The SMILES string of the molecule is OC(CNC1CCSc2ccc(F)cc21)COCc1ccccc1Cl. The van der Waals surface area contributed by atoms with Crippen LogP contribution >= 0.6 is 23.4 Å². The van der Waals surface area contributed by atoms with E-state index in [1.807, 2.05) is 30.3 Å². The van der Waals surface area contributed by atoms with Crippen molar-refractivity contribution in [3.63, 3.8) is 0 Å². The van der Waals surface area contributed by atoms with Crippen molar-refractivity contribution >= 4 is 23.4 Å². The lowest BCUT2D eigenvalue weighted by molar-refractivity contribution is 0.0275. The van der Waals surface area contributed by atoms with E-state index in [1.165, 1.54) is 6.07 Å². The number of rotatable bonds is 7. The van der Waals surface area contributed by atoms with Crippen LogP contribution in [0.1, 0.15) is 23.6 Å². The van der Waals surface area contributed by atoms with Crippen LogP contribution in [0.4, 0.5) is 4.39 Å². The van der Waals surface area contributed by atoms with Gasteiger partial charge in [-0.2, -0.15) is 0 Å². The van der Waals surface area contributed by atoms with Gasteiger partial charge in [-0.3, -0.25) is 0 Å². The standard InChI is InChI=1S/C19H21ClFNO2S/c20-17-4-2-1-3-13(17)11-24-12-15(23)10-22-18-7-8-25-19-6-5-14(21)9-16(18)19/h1-6,9,15,18,22-23H,7-8,10-12H2. The summed E-state index contributed by atoms with van der Waals surface area (Å²) in [5.74, 6) is 0.756. The number of nitrogens with one attached hydrogen (secondary N) is 1. The highest BCUT2D eigenvalue weighted by Gasteiger charge is 2.21. The van der Waals surface area contributed by atoms with Gasteiger partial charge < -0.3 is 15.2 Å². The predicted molar refractivity (Wildman–Crippen MR) is 99.6 cm³/mol. The van der Waals surface area contributed by atoms with Crippen molar-refractivity contribution in [2.24, 2.45) is 0 Å². The van der Waals surface area contributed by atoms with Crippen LogP contribution in [0.5, 0.6) is 0 Å². The van der Waals surface area contributed by atoms with Crippen LogP contribution in [-0.2, 0) is 11.3 Å². The lowest BCUT2D eigenvalue weighted by atomic mass is 10.0. The molecule has 0 spiro atoms. The molecule has 2 atom stereocenters. The third-order valence-corrected chi connectivity index (χ3v) is 5.63. The van der Waals surface area contributed by atoms with E-state index in [2.05, 4.69) is 5.32 Å². The van der Waals surface area contributed by atoms with Crippen LogP contribution in [0.2, 0.25) is 5.02 Å². The molecule has 0 aliphatic carbocycles. The first-order chi connectivity index (χ1) is 12.1. The van der Waals surface area contributed by atoms with Gasteiger partial charge in [0.1, 0.15) is 5.82 Å². The molecular formula is C19H21ClFNO2S. The Labute approximate surface area is 156 Å². The van der Waals surface area contributed by atoms with E-state index in [4.69, 9.17) is 16.3 Å². The Kier molecular flexibility index (Phi) is 6.73. The minimum absolute atomic E-state index is 0.0603. The fourth-order valence-corrected chi connectivity index (χ4v) is 4.13. The maximum absolute atomic E-state index is 13.5. The highest BCUT2D eigenvalue weighted by atomic mass is 35.5. The molecule has 0 bridgehead atoms. The Morgan fingerprint density at radius 1 is 1.32 bits per heavy atom. The van der Waals surface area contributed by atoms with E-state index >= 15 is 0 Å². The van der Waals surface area contributed by atoms with Crippen molar-refractivity contribution in [1.29, 1.82) is 0 Å². The van der Waals surface area contributed by atoms with Crippen molar-refractivity contribution in [2.75, 3.05) is 18.9 Å². The zero-order chi connectivity index (χ0) is 17.6. The van der Waals surface area contributed by atoms with Crippen LogP contribution in [0.25, 0.3) is 0 Å². The molecule has 0 saturated heterocycles. The fourth-order valence-electron chi connectivity index (χ4n) is 2.83. The summed E-state index contributed by atoms with van der Waals surface area (Å²) in [4.78, 5) is 1.11. The first-order valence-corrected chi connectivity index (χ1v) is 9.64. The summed E-state index contributed by atoms with van der Waals surface area (Å²) < 4.78 is 19.1. The minimum Gasteiger partial charge on any atom is -0.389 e. The summed E-state index contributed by atoms with van der Waals surface area (Å²) in [5, 5.41) is 14.1. The highest BCUT2D eigenvalue weighted by molar-refractivity contribution is 7.99. The van der Waals surface area contributed by atoms with Crippen molar-refractivity contribution in [3.8, 4) is 0 Å². The molecular weight excluding hydrogens is 361 g/mol. The molecule has 0 radical (unpaired) electrons. The van der Waals surface area contributed by atoms with Crippen LogP contribution in [-0.4, -0.2) is 30.1 Å². The molecule has 3 nitrogen and oxygen atoms in total. The molecule has 1 heterocycles. The average Bonchev–Trinajstić information content (AvgIpc) is 2.61. The molecule has 1 aliphatic heterocycles. The molecule has 25 heavy (non-hydrogen) atoms. The predicted octanol–water partition coefficient (Wildman–Crippen LogP) is 4.18. The molecule has 0 aromatic heterocycles. The topological polar surface area (TPSA) is 41.5 Å². The number of aliphatic hydroxyl groups is 1. The van der Waals surface area contributed by atoms with Gasteiger partial charge in [-0.1, -0.05) is 29.8 Å². The molecule has 0 amide bonds. The van der Waals surface area contributed by atoms with Gasteiger partial charge in [0.2, 0.25) is 0 Å². The van der Waals surface area contributed by atoms with E-state index in [-0.39, 0.29) is 18.5 Å². The summed E-state index contributed by atoms with van der Waals surface area (Å²) in [6, 6.07) is 12.4. The number of aliphatic hydroxyl groups excluding tert-OH is 1. The lowest BCUT2D eigenvalue weighted by Crippen LogP contribution is -2.34. The van der Waals surface area contributed by atoms with E-state index < -0.39 is 6.10 Å². The second kappa shape index (κ2) is 9.01. The monoisotopic (exact) mass is 381 g/mol. The molecule has 2 aromatic rings. The molecule has 3 rings (SSSR count). The van der Waals surface area contributed by atoms with Crippen LogP contribution in [0.15, 0.2) is 47.4 Å². The minimum atomic E-state index is -0.630. The Morgan fingerprint density at radius 3 is 3.00 bits per heavy atom. The van der Waals surface area contributed by atoms with Crippen LogP contribution in [0.3, 0.4) is 0 Å². The van der Waals surface area contributed by atoms with Crippen molar-refractivity contribution < 1.29 is 14.2 Å². The normalized spacial score (nSPS) is 18.0. The van der Waals surface area contributed by atoms with Crippen LogP contribution in [0, 0.1) is 5.82 Å². The number of ether oxygens (including phenoxy) is 1. The third-order valence-electron chi connectivity index (χ3n) is 4.14. The maximum atomic E-state index is 13.5. The number of hydrogen-bond donors (Lipinski definition) is 2. The van der Waals surface area contributed by atoms with E-state index in [0.29, 0.717) is 18.2 Å². The summed E-state index contributed by atoms with van der Waals surface area (Å²) in [5.41, 5.74) is 1.87. The lowest BCUT2D eigenvalue weighted by Gasteiger charge is -2.27. The zero-order valence-electron chi connectivity index (χ0n) is 13.8. The third kappa shape index (κ3) is 5.19. The van der Waals surface area contributed by atoms with Crippen molar-refractivity contribution in [1.82, 2.24) is 5.32 Å². The van der Waals surface area contributed by atoms with Gasteiger partial charge in [0.05, 0.1) is 19.3 Å². The molecule has 2 aromatic carbocycles. The smallest absolute Gasteiger partial charge is 0.123 e. The van der Waals surface area contributed by atoms with Gasteiger partial charge in [-0.15, -0.1) is 11.8 Å². The first-order valence-electron chi connectivity index (χ1n) is 8.28. The van der Waals surface area contributed by atoms with E-state index in [9.17, 15) is 9.50 Å². The fraction of sp³-hybridized carbons (Fsp3) is 0.368. The number of thioether (sulfide) groups is 1. The van der Waals surface area contributed by atoms with Gasteiger partial charge in [0, 0.05) is 22.5 Å². The summed E-state index contributed by atoms with van der Waals surface area (Å²) >= 11 is 7.82. The van der Waals surface area contributed by atoms with E-state index in [0.717, 1.165) is 28.2 Å². The second-order valence-electron chi connectivity index (χ2n) is 6.04. The van der Waals surface area contributed by atoms with Crippen molar-refractivity contribution in [3.05, 3.63) is 64.4 Å². The molecule has 1 aliphatic rings. The average molecular weight is 382 g/mol. The molecule has 6 heteroatoms. The summed E-state index contributed by atoms with van der Waals surface area (Å²) in [6.45, 7) is 0.981. The van der Waals surface area contributed by atoms with Gasteiger partial charge in [0.25, 0.3) is 0 Å². The van der Waals surface area contributed by atoms with Gasteiger partial charge in [-0.25, -0.2) is 4.39 Å². The summed E-state index contributed by atoms with van der Waals surface area (Å²) in [7, 11) is 0. The summed E-state index contributed by atoms with van der Waals surface area (Å²) in [6.07, 6.45) is 0.281. The molecule has 2 N–H and O–H groups in total.